The highest BCUT2D eigenvalue weighted by atomic mass is 16.4. The van der Waals surface area contributed by atoms with Crippen LogP contribution in [0.15, 0.2) is 0 Å². The van der Waals surface area contributed by atoms with Crippen LogP contribution in [0, 0.1) is 0 Å². The van der Waals surface area contributed by atoms with Crippen LogP contribution in [0.3, 0.4) is 0 Å². The summed E-state index contributed by atoms with van der Waals surface area (Å²) in [5.41, 5.74) is 0. The predicted octanol–water partition coefficient (Wildman–Crippen LogP) is 1.33. The first-order chi connectivity index (χ1) is 9.56. The van der Waals surface area contributed by atoms with Crippen LogP contribution in [0.4, 0.5) is 4.79 Å². The quantitative estimate of drug-likeness (QED) is 0.726. The fraction of sp³-hybridized carbons (Fsp3) is 0.857. The smallest absolute Gasteiger partial charge is 0.323 e. The zero-order valence-corrected chi connectivity index (χ0v) is 11.8. The number of aliphatic hydroxyl groups is 1. The monoisotopic (exact) mass is 284 g/mol. The Bertz CT molecular complexity index is 347. The van der Waals surface area contributed by atoms with Crippen molar-refractivity contribution in [1.82, 2.24) is 10.2 Å². The molecule has 6 nitrogen and oxygen atoms in total. The van der Waals surface area contributed by atoms with Crippen LogP contribution in [0.2, 0.25) is 0 Å². The Morgan fingerprint density at radius 2 is 1.65 bits per heavy atom. The van der Waals surface area contributed by atoms with Crippen LogP contribution in [0.1, 0.15) is 51.4 Å². The molecule has 0 aromatic carbocycles. The van der Waals surface area contributed by atoms with Crippen LogP contribution in [0.5, 0.6) is 0 Å². The van der Waals surface area contributed by atoms with Crippen molar-refractivity contribution in [2.45, 2.75) is 69.6 Å². The van der Waals surface area contributed by atoms with Gasteiger partial charge in [0.25, 0.3) is 0 Å². The third-order valence-corrected chi connectivity index (χ3v) is 4.36. The molecule has 0 aliphatic heterocycles. The normalized spacial score (nSPS) is 27.2. The minimum Gasteiger partial charge on any atom is -0.480 e. The lowest BCUT2D eigenvalue weighted by Crippen LogP contribution is -2.51. The summed E-state index contributed by atoms with van der Waals surface area (Å²) in [5, 5.41) is 21.4. The van der Waals surface area contributed by atoms with E-state index in [0.29, 0.717) is 12.8 Å². The summed E-state index contributed by atoms with van der Waals surface area (Å²) in [6, 6.07) is -0.149. The number of carbonyl (C=O) groups excluding carboxylic acids is 1. The molecule has 0 aromatic heterocycles. The Hall–Kier alpha value is -1.30. The van der Waals surface area contributed by atoms with Gasteiger partial charge < -0.3 is 20.4 Å². The zero-order valence-electron chi connectivity index (χ0n) is 11.8. The minimum absolute atomic E-state index is 0.0558. The van der Waals surface area contributed by atoms with E-state index in [2.05, 4.69) is 5.32 Å². The van der Waals surface area contributed by atoms with Gasteiger partial charge in [-0.15, -0.1) is 0 Å². The number of nitrogens with one attached hydrogen (secondary N) is 1. The number of urea groups is 1. The second kappa shape index (κ2) is 6.92. The minimum atomic E-state index is -0.967. The summed E-state index contributed by atoms with van der Waals surface area (Å²) in [4.78, 5) is 24.7. The summed E-state index contributed by atoms with van der Waals surface area (Å²) in [7, 11) is 0. The van der Waals surface area contributed by atoms with E-state index < -0.39 is 5.97 Å². The standard InChI is InChI=1S/C14H24N2O4/c17-12-7-5-10(6-8-12)15-14(20)16(9-13(18)19)11-3-1-2-4-11/h10-12,17H,1-9H2,(H,15,20)(H,18,19). The molecule has 6 heteroatoms. The van der Waals surface area contributed by atoms with E-state index in [9.17, 15) is 14.7 Å². The number of carboxylic acids is 1. The molecule has 0 radical (unpaired) electrons. The molecule has 0 atom stereocenters. The van der Waals surface area contributed by atoms with Crippen molar-refractivity contribution < 1.29 is 19.8 Å². The van der Waals surface area contributed by atoms with E-state index in [0.717, 1.165) is 38.5 Å². The number of aliphatic hydroxyl groups excluding tert-OH is 1. The number of carbonyl (C=O) groups is 2. The Balaban J connectivity index is 1.90. The highest BCUT2D eigenvalue weighted by Crippen LogP contribution is 2.24. The Morgan fingerprint density at radius 3 is 2.20 bits per heavy atom. The zero-order chi connectivity index (χ0) is 14.5. The van der Waals surface area contributed by atoms with Gasteiger partial charge in [0.1, 0.15) is 6.54 Å². The van der Waals surface area contributed by atoms with Gasteiger partial charge in [0, 0.05) is 12.1 Å². The summed E-state index contributed by atoms with van der Waals surface area (Å²) in [6.07, 6.45) is 6.58. The Kier molecular flexibility index (Phi) is 5.23. The van der Waals surface area contributed by atoms with Crippen LogP contribution >= 0.6 is 0 Å². The largest absolute Gasteiger partial charge is 0.480 e. The molecular weight excluding hydrogens is 260 g/mol. The van der Waals surface area contributed by atoms with Gasteiger partial charge in [0.2, 0.25) is 0 Å². The molecule has 2 saturated carbocycles. The molecule has 114 valence electrons. The molecule has 20 heavy (non-hydrogen) atoms. The number of aliphatic carboxylic acids is 1. The lowest BCUT2D eigenvalue weighted by atomic mass is 9.93. The second-order valence-electron chi connectivity index (χ2n) is 5.91. The van der Waals surface area contributed by atoms with Gasteiger partial charge in [-0.3, -0.25) is 4.79 Å². The van der Waals surface area contributed by atoms with Gasteiger partial charge in [-0.1, -0.05) is 12.8 Å². The fourth-order valence-electron chi connectivity index (χ4n) is 3.21. The topological polar surface area (TPSA) is 89.9 Å². The molecule has 0 bridgehead atoms. The summed E-state index contributed by atoms with van der Waals surface area (Å²) in [6.45, 7) is -0.230. The van der Waals surface area contributed by atoms with Crippen molar-refractivity contribution in [1.29, 1.82) is 0 Å². The molecule has 0 aromatic rings. The van der Waals surface area contributed by atoms with Gasteiger partial charge in [-0.25, -0.2) is 4.79 Å². The number of hydrogen-bond donors (Lipinski definition) is 3. The number of rotatable bonds is 4. The van der Waals surface area contributed by atoms with Gasteiger partial charge in [-0.05, 0) is 38.5 Å². The maximum Gasteiger partial charge on any atom is 0.323 e. The molecule has 2 fully saturated rings. The maximum atomic E-state index is 12.3. The molecule has 0 heterocycles. The van der Waals surface area contributed by atoms with Crippen molar-refractivity contribution in [2.75, 3.05) is 6.54 Å². The van der Waals surface area contributed by atoms with Crippen LogP contribution in [-0.2, 0) is 4.79 Å². The number of carboxylic acid groups (broad SMARTS) is 1. The van der Waals surface area contributed by atoms with Crippen LogP contribution < -0.4 is 5.32 Å². The molecule has 2 rings (SSSR count). The number of nitrogens with zero attached hydrogens (tertiary/aromatic N) is 1. The van der Waals surface area contributed by atoms with E-state index in [4.69, 9.17) is 5.11 Å². The first kappa shape index (κ1) is 15.1. The summed E-state index contributed by atoms with van der Waals surface area (Å²) in [5.74, 6) is -0.967. The van der Waals surface area contributed by atoms with Crippen molar-refractivity contribution in [2.24, 2.45) is 0 Å². The molecule has 0 unspecified atom stereocenters. The first-order valence-corrected chi connectivity index (χ1v) is 7.53. The van der Waals surface area contributed by atoms with E-state index in [1.807, 2.05) is 0 Å². The van der Waals surface area contributed by atoms with Crippen molar-refractivity contribution in [3.05, 3.63) is 0 Å². The molecule has 2 amide bonds. The van der Waals surface area contributed by atoms with Gasteiger partial charge in [-0.2, -0.15) is 0 Å². The van der Waals surface area contributed by atoms with E-state index in [-0.39, 0.29) is 30.8 Å². The van der Waals surface area contributed by atoms with E-state index in [1.54, 1.807) is 0 Å². The number of amides is 2. The first-order valence-electron chi connectivity index (χ1n) is 7.53. The SMILES string of the molecule is O=C(O)CN(C(=O)NC1CCC(O)CC1)C1CCCC1. The van der Waals surface area contributed by atoms with Crippen molar-refractivity contribution in [3.8, 4) is 0 Å². The molecule has 0 spiro atoms. The average molecular weight is 284 g/mol. The van der Waals surface area contributed by atoms with E-state index >= 15 is 0 Å². The molecule has 3 N–H and O–H groups in total. The average Bonchev–Trinajstić information content (AvgIpc) is 2.92. The van der Waals surface area contributed by atoms with Gasteiger partial charge >= 0.3 is 12.0 Å². The lowest BCUT2D eigenvalue weighted by molar-refractivity contribution is -0.138. The maximum absolute atomic E-state index is 12.3. The second-order valence-corrected chi connectivity index (χ2v) is 5.91. The summed E-state index contributed by atoms with van der Waals surface area (Å²) >= 11 is 0. The Morgan fingerprint density at radius 1 is 1.05 bits per heavy atom. The highest BCUT2D eigenvalue weighted by molar-refractivity contribution is 5.80. The molecule has 2 aliphatic rings. The fourth-order valence-corrected chi connectivity index (χ4v) is 3.21. The van der Waals surface area contributed by atoms with Crippen molar-refractivity contribution >= 4 is 12.0 Å². The molecule has 0 saturated heterocycles. The van der Waals surface area contributed by atoms with Gasteiger partial charge in [0.15, 0.2) is 0 Å². The van der Waals surface area contributed by atoms with Crippen LogP contribution in [-0.4, -0.2) is 51.8 Å². The molecule has 2 aliphatic carbocycles. The predicted molar refractivity (Wildman–Crippen MR) is 73.4 cm³/mol. The third kappa shape index (κ3) is 4.10. The Labute approximate surface area is 119 Å². The van der Waals surface area contributed by atoms with Crippen LogP contribution in [0.25, 0.3) is 0 Å². The van der Waals surface area contributed by atoms with E-state index in [1.165, 1.54) is 4.90 Å². The third-order valence-electron chi connectivity index (χ3n) is 4.36. The van der Waals surface area contributed by atoms with Gasteiger partial charge in [0.05, 0.1) is 6.10 Å². The lowest BCUT2D eigenvalue weighted by Gasteiger charge is -2.32. The number of hydrogen-bond acceptors (Lipinski definition) is 3. The highest BCUT2D eigenvalue weighted by Gasteiger charge is 2.30. The molecular formula is C14H24N2O4. The summed E-state index contributed by atoms with van der Waals surface area (Å²) < 4.78 is 0. The van der Waals surface area contributed by atoms with Crippen molar-refractivity contribution in [3.63, 3.8) is 0 Å².